The van der Waals surface area contributed by atoms with Crippen molar-refractivity contribution in [2.24, 2.45) is 10.9 Å². The minimum absolute atomic E-state index is 0.0535. The molecule has 3 atom stereocenters. The first kappa shape index (κ1) is 25.7. The standard InChI is InChI=1S/C20H24ClF3N6O4S/c1-11-10-12(6-7-14(11)21)25-18(27-31)17-19(29-34-28-17)26-15-8-9-30(35(32,33)20(22,23)24)16-5-3-2-4-13(15)16/h6-7,10,13,15-16,31H,2-5,8-9H2,1H3,(H,25,27)(H,26,29). The molecule has 10 nitrogen and oxygen atoms in total. The van der Waals surface area contributed by atoms with Crippen LogP contribution in [0.25, 0.3) is 0 Å². The minimum Gasteiger partial charge on any atom is -0.362 e. The Bertz CT molecular complexity index is 1210. The zero-order chi connectivity index (χ0) is 25.4. The molecule has 2 heterocycles. The molecule has 4 rings (SSSR count). The maximum absolute atomic E-state index is 13.3. The van der Waals surface area contributed by atoms with Crippen molar-refractivity contribution in [2.45, 2.75) is 56.6 Å². The van der Waals surface area contributed by atoms with Crippen LogP contribution in [0.4, 0.5) is 24.7 Å². The highest BCUT2D eigenvalue weighted by atomic mass is 35.5. The quantitative estimate of drug-likeness (QED) is 0.297. The maximum atomic E-state index is 13.3. The molecule has 1 aliphatic carbocycles. The normalized spacial score (nSPS) is 24.2. The third-order valence-electron chi connectivity index (χ3n) is 6.45. The first-order valence-electron chi connectivity index (χ1n) is 11.0. The molecule has 15 heteroatoms. The van der Waals surface area contributed by atoms with Crippen LogP contribution >= 0.6 is 11.6 Å². The van der Waals surface area contributed by atoms with Gasteiger partial charge in [0.1, 0.15) is 0 Å². The van der Waals surface area contributed by atoms with Crippen molar-refractivity contribution in [3.63, 3.8) is 0 Å². The lowest BCUT2D eigenvalue weighted by molar-refractivity contribution is -0.0531. The van der Waals surface area contributed by atoms with E-state index in [4.69, 9.17) is 16.2 Å². The molecular formula is C20H24ClF3N6O4S. The van der Waals surface area contributed by atoms with Gasteiger partial charge >= 0.3 is 15.5 Å². The average Bonchev–Trinajstić information content (AvgIpc) is 3.27. The zero-order valence-corrected chi connectivity index (χ0v) is 20.2. The summed E-state index contributed by atoms with van der Waals surface area (Å²) in [7, 11) is -5.43. The van der Waals surface area contributed by atoms with Gasteiger partial charge in [-0.1, -0.05) is 24.4 Å². The molecular weight excluding hydrogens is 513 g/mol. The molecule has 192 valence electrons. The number of sulfonamides is 1. The van der Waals surface area contributed by atoms with E-state index < -0.39 is 21.6 Å². The van der Waals surface area contributed by atoms with E-state index in [-0.39, 0.29) is 42.3 Å². The highest BCUT2D eigenvalue weighted by Crippen LogP contribution is 2.41. The number of nitrogens with zero attached hydrogens (tertiary/aromatic N) is 4. The van der Waals surface area contributed by atoms with E-state index in [0.717, 1.165) is 12.0 Å². The van der Waals surface area contributed by atoms with E-state index in [0.29, 0.717) is 34.3 Å². The Kier molecular flexibility index (Phi) is 7.27. The molecule has 1 saturated carbocycles. The Morgan fingerprint density at radius 1 is 1.26 bits per heavy atom. The summed E-state index contributed by atoms with van der Waals surface area (Å²) in [6.45, 7) is 1.51. The zero-order valence-electron chi connectivity index (χ0n) is 18.6. The SMILES string of the molecule is Cc1cc(N=C(NO)c2nonc2NC2CCN(S(=O)(=O)C(F)(F)F)C3CCCCC23)ccc1Cl. The van der Waals surface area contributed by atoms with E-state index in [1.807, 2.05) is 5.48 Å². The topological polar surface area (TPSA) is 133 Å². The Hall–Kier alpha value is -2.42. The van der Waals surface area contributed by atoms with Crippen LogP contribution in [0.15, 0.2) is 27.8 Å². The lowest BCUT2D eigenvalue weighted by atomic mass is 9.76. The summed E-state index contributed by atoms with van der Waals surface area (Å²) in [5.41, 5.74) is -2.09. The van der Waals surface area contributed by atoms with E-state index in [2.05, 4.69) is 20.6 Å². The molecule has 1 aromatic heterocycles. The number of rotatable bonds is 5. The van der Waals surface area contributed by atoms with Crippen LogP contribution in [-0.4, -0.2) is 58.2 Å². The molecule has 2 aliphatic rings. The fraction of sp³-hybridized carbons (Fsp3) is 0.550. The highest BCUT2D eigenvalue weighted by molar-refractivity contribution is 7.90. The highest BCUT2D eigenvalue weighted by Gasteiger charge is 2.55. The van der Waals surface area contributed by atoms with Gasteiger partial charge in [-0.05, 0) is 66.2 Å². The Labute approximate surface area is 204 Å². The van der Waals surface area contributed by atoms with Gasteiger partial charge in [0.15, 0.2) is 11.5 Å². The molecule has 0 amide bonds. The van der Waals surface area contributed by atoms with Gasteiger partial charge in [0.05, 0.1) is 5.69 Å². The second-order valence-electron chi connectivity index (χ2n) is 8.58. The second-order valence-corrected chi connectivity index (χ2v) is 10.9. The predicted octanol–water partition coefficient (Wildman–Crippen LogP) is 3.98. The van der Waals surface area contributed by atoms with Crippen LogP contribution in [0.3, 0.4) is 0 Å². The van der Waals surface area contributed by atoms with Gasteiger partial charge in [-0.25, -0.2) is 18.0 Å². The predicted molar refractivity (Wildman–Crippen MR) is 121 cm³/mol. The van der Waals surface area contributed by atoms with Crippen LogP contribution in [0, 0.1) is 12.8 Å². The van der Waals surface area contributed by atoms with Crippen molar-refractivity contribution >= 4 is 39.0 Å². The van der Waals surface area contributed by atoms with E-state index in [9.17, 15) is 26.8 Å². The summed E-state index contributed by atoms with van der Waals surface area (Å²) in [4.78, 5) is 4.31. The molecule has 2 aromatic rings. The molecule has 1 aliphatic heterocycles. The number of aromatic nitrogens is 2. The number of alkyl halides is 3. The maximum Gasteiger partial charge on any atom is 0.511 e. The van der Waals surface area contributed by atoms with Crippen molar-refractivity contribution < 1.29 is 31.4 Å². The number of benzene rings is 1. The number of piperidine rings is 1. The molecule has 1 aromatic carbocycles. The van der Waals surface area contributed by atoms with Gasteiger partial charge in [-0.3, -0.25) is 10.7 Å². The van der Waals surface area contributed by atoms with E-state index in [1.54, 1.807) is 25.1 Å². The number of anilines is 1. The Morgan fingerprint density at radius 2 is 2.00 bits per heavy atom. The summed E-state index contributed by atoms with van der Waals surface area (Å²) in [5.74, 6) is -0.328. The first-order valence-corrected chi connectivity index (χ1v) is 12.8. The number of nitrogens with one attached hydrogen (secondary N) is 2. The summed E-state index contributed by atoms with van der Waals surface area (Å²) in [6, 6.07) is 3.81. The molecule has 35 heavy (non-hydrogen) atoms. The molecule has 0 spiro atoms. The molecule has 1 saturated heterocycles. The van der Waals surface area contributed by atoms with Gasteiger partial charge in [-0.15, -0.1) is 0 Å². The van der Waals surface area contributed by atoms with Crippen molar-refractivity contribution in [2.75, 3.05) is 11.9 Å². The Balaban J connectivity index is 1.58. The van der Waals surface area contributed by atoms with Crippen LogP contribution in [-0.2, 0) is 10.0 Å². The number of aliphatic imine (C=N–C) groups is 1. The van der Waals surface area contributed by atoms with Gasteiger partial charge in [0.2, 0.25) is 5.82 Å². The first-order chi connectivity index (χ1) is 16.5. The number of hydrogen-bond acceptors (Lipinski definition) is 8. The fourth-order valence-corrected chi connectivity index (χ4v) is 6.14. The smallest absolute Gasteiger partial charge is 0.362 e. The van der Waals surface area contributed by atoms with Crippen LogP contribution < -0.4 is 10.8 Å². The molecule has 3 unspecified atom stereocenters. The fourth-order valence-electron chi connectivity index (χ4n) is 4.80. The average molecular weight is 537 g/mol. The van der Waals surface area contributed by atoms with Crippen LogP contribution in [0.2, 0.25) is 5.02 Å². The van der Waals surface area contributed by atoms with Gasteiger partial charge in [0, 0.05) is 23.7 Å². The largest absolute Gasteiger partial charge is 0.511 e. The van der Waals surface area contributed by atoms with Gasteiger partial charge in [0.25, 0.3) is 0 Å². The Morgan fingerprint density at radius 3 is 2.69 bits per heavy atom. The van der Waals surface area contributed by atoms with E-state index >= 15 is 0 Å². The lowest BCUT2D eigenvalue weighted by Crippen LogP contribution is -2.58. The summed E-state index contributed by atoms with van der Waals surface area (Å²) < 4.78 is 69.6. The monoisotopic (exact) mass is 536 g/mol. The second kappa shape index (κ2) is 9.91. The van der Waals surface area contributed by atoms with E-state index in [1.165, 1.54) is 0 Å². The molecule has 0 radical (unpaired) electrons. The van der Waals surface area contributed by atoms with Crippen molar-refractivity contribution in [1.29, 1.82) is 0 Å². The summed E-state index contributed by atoms with van der Waals surface area (Å²) >= 11 is 6.04. The van der Waals surface area contributed by atoms with Gasteiger partial charge < -0.3 is 5.32 Å². The van der Waals surface area contributed by atoms with Crippen LogP contribution in [0.1, 0.15) is 43.4 Å². The lowest BCUT2D eigenvalue weighted by Gasteiger charge is -2.47. The molecule has 2 fully saturated rings. The number of fused-ring (bicyclic) bond motifs is 1. The minimum atomic E-state index is -5.43. The third-order valence-corrected chi connectivity index (χ3v) is 8.53. The number of aryl methyl sites for hydroxylation is 1. The van der Waals surface area contributed by atoms with Crippen molar-refractivity contribution in [3.8, 4) is 0 Å². The number of halogens is 4. The van der Waals surface area contributed by atoms with Gasteiger partial charge in [-0.2, -0.15) is 17.5 Å². The molecule has 0 bridgehead atoms. The number of hydrogen-bond donors (Lipinski definition) is 3. The number of hydroxylamine groups is 1. The van der Waals surface area contributed by atoms with Crippen molar-refractivity contribution in [1.82, 2.24) is 20.1 Å². The molecule has 3 N–H and O–H groups in total. The van der Waals surface area contributed by atoms with Crippen LogP contribution in [0.5, 0.6) is 0 Å². The number of amidine groups is 1. The van der Waals surface area contributed by atoms with Crippen molar-refractivity contribution in [3.05, 3.63) is 34.5 Å². The summed E-state index contributed by atoms with van der Waals surface area (Å²) in [5, 5.41) is 21.0. The summed E-state index contributed by atoms with van der Waals surface area (Å²) in [6.07, 6.45) is 2.42. The third kappa shape index (κ3) is 5.10.